The Labute approximate surface area is 152 Å². The van der Waals surface area contributed by atoms with Gasteiger partial charge in [0.05, 0.1) is 12.1 Å². The van der Waals surface area contributed by atoms with E-state index in [2.05, 4.69) is 15.2 Å². The van der Waals surface area contributed by atoms with Gasteiger partial charge in [-0.3, -0.25) is 9.88 Å². The number of hydrogen-bond donors (Lipinski definition) is 1. The molecule has 1 aliphatic heterocycles. The Hall–Kier alpha value is -2.05. The highest BCUT2D eigenvalue weighted by molar-refractivity contribution is 6.31. The molecule has 0 radical (unpaired) electrons. The minimum atomic E-state index is -0.206. The predicted octanol–water partition coefficient (Wildman–Crippen LogP) is 3.07. The van der Waals surface area contributed by atoms with Crippen LogP contribution in [0.4, 0.5) is 10.5 Å². The third-order valence-corrected chi connectivity index (χ3v) is 4.58. The molecule has 0 spiro atoms. The Morgan fingerprint density at radius 1 is 1.28 bits per heavy atom. The summed E-state index contributed by atoms with van der Waals surface area (Å²) in [5, 5.41) is 5.24. The Balaban J connectivity index is 1.49. The first-order valence-electron chi connectivity index (χ1n) is 8.59. The SMILES string of the molecule is CCOC(=O)N1CCN(CCNc2ccnc3cc(Cl)ccc23)CC1. The molecule has 0 saturated carbocycles. The van der Waals surface area contributed by atoms with Crippen molar-refractivity contribution in [1.82, 2.24) is 14.8 Å². The molecule has 0 atom stereocenters. The summed E-state index contributed by atoms with van der Waals surface area (Å²) in [4.78, 5) is 20.2. The lowest BCUT2D eigenvalue weighted by atomic mass is 10.2. The topological polar surface area (TPSA) is 57.7 Å². The lowest BCUT2D eigenvalue weighted by Crippen LogP contribution is -2.49. The van der Waals surface area contributed by atoms with Gasteiger partial charge in [-0.2, -0.15) is 0 Å². The van der Waals surface area contributed by atoms with E-state index in [1.165, 1.54) is 0 Å². The predicted molar refractivity (Wildman–Crippen MR) is 100 cm³/mol. The number of anilines is 1. The fraction of sp³-hybridized carbons (Fsp3) is 0.444. The standard InChI is InChI=1S/C18H23ClN4O2/c1-2-25-18(24)23-11-9-22(10-12-23)8-7-21-16-5-6-20-17-13-14(19)3-4-15(16)17/h3-6,13H,2,7-12H2,1H3,(H,20,21). The summed E-state index contributed by atoms with van der Waals surface area (Å²) >= 11 is 6.03. The molecule has 1 N–H and O–H groups in total. The number of pyridine rings is 1. The average Bonchev–Trinajstić information content (AvgIpc) is 2.62. The summed E-state index contributed by atoms with van der Waals surface area (Å²) in [5.74, 6) is 0. The minimum absolute atomic E-state index is 0.206. The molecule has 1 amide bonds. The molecule has 2 aromatic rings. The summed E-state index contributed by atoms with van der Waals surface area (Å²) in [6.45, 7) is 7.19. The Morgan fingerprint density at radius 2 is 2.08 bits per heavy atom. The highest BCUT2D eigenvalue weighted by Gasteiger charge is 2.21. The second-order valence-corrected chi connectivity index (χ2v) is 6.41. The van der Waals surface area contributed by atoms with Gasteiger partial charge < -0.3 is 15.0 Å². The van der Waals surface area contributed by atoms with E-state index in [-0.39, 0.29) is 6.09 Å². The molecule has 7 heteroatoms. The molecule has 2 heterocycles. The van der Waals surface area contributed by atoms with Crippen LogP contribution in [-0.4, -0.2) is 66.8 Å². The van der Waals surface area contributed by atoms with Crippen molar-refractivity contribution in [3.63, 3.8) is 0 Å². The number of rotatable bonds is 5. The second-order valence-electron chi connectivity index (χ2n) is 5.97. The van der Waals surface area contributed by atoms with Crippen LogP contribution in [0, 0.1) is 0 Å². The van der Waals surface area contributed by atoms with Crippen LogP contribution in [-0.2, 0) is 4.74 Å². The lowest BCUT2D eigenvalue weighted by Gasteiger charge is -2.34. The molecule has 0 unspecified atom stereocenters. The van der Waals surface area contributed by atoms with Gasteiger partial charge in [0, 0.05) is 61.6 Å². The highest BCUT2D eigenvalue weighted by Crippen LogP contribution is 2.24. The number of aromatic nitrogens is 1. The van der Waals surface area contributed by atoms with Crippen molar-refractivity contribution in [2.24, 2.45) is 0 Å². The molecule has 1 aromatic heterocycles. The van der Waals surface area contributed by atoms with Crippen molar-refractivity contribution in [2.45, 2.75) is 6.92 Å². The molecule has 1 saturated heterocycles. The number of halogens is 1. The van der Waals surface area contributed by atoms with Gasteiger partial charge in [-0.05, 0) is 31.2 Å². The Kier molecular flexibility index (Phi) is 5.94. The first-order valence-corrected chi connectivity index (χ1v) is 8.97. The minimum Gasteiger partial charge on any atom is -0.450 e. The maximum atomic E-state index is 11.7. The van der Waals surface area contributed by atoms with E-state index in [4.69, 9.17) is 16.3 Å². The average molecular weight is 363 g/mol. The van der Waals surface area contributed by atoms with Crippen LogP contribution in [0.5, 0.6) is 0 Å². The number of ether oxygens (including phenoxy) is 1. The van der Waals surface area contributed by atoms with Gasteiger partial charge in [0.25, 0.3) is 0 Å². The molecule has 25 heavy (non-hydrogen) atoms. The summed E-state index contributed by atoms with van der Waals surface area (Å²) in [5.41, 5.74) is 1.95. The zero-order valence-corrected chi connectivity index (χ0v) is 15.1. The fourth-order valence-corrected chi connectivity index (χ4v) is 3.16. The van der Waals surface area contributed by atoms with E-state index < -0.39 is 0 Å². The third kappa shape index (κ3) is 4.52. The molecule has 1 fully saturated rings. The summed E-state index contributed by atoms with van der Waals surface area (Å²) < 4.78 is 5.05. The van der Waals surface area contributed by atoms with Gasteiger partial charge in [-0.25, -0.2) is 4.79 Å². The van der Waals surface area contributed by atoms with Crippen LogP contribution >= 0.6 is 11.6 Å². The molecule has 3 rings (SSSR count). The molecule has 0 bridgehead atoms. The number of amides is 1. The monoisotopic (exact) mass is 362 g/mol. The summed E-state index contributed by atoms with van der Waals surface area (Å²) in [7, 11) is 0. The first-order chi connectivity index (χ1) is 12.2. The van der Waals surface area contributed by atoms with Crippen LogP contribution in [0.15, 0.2) is 30.5 Å². The van der Waals surface area contributed by atoms with E-state index in [0.717, 1.165) is 55.9 Å². The number of carbonyl (C=O) groups excluding carboxylic acids is 1. The van der Waals surface area contributed by atoms with Crippen LogP contribution in [0.1, 0.15) is 6.92 Å². The zero-order valence-electron chi connectivity index (χ0n) is 14.4. The van der Waals surface area contributed by atoms with Gasteiger partial charge in [-0.1, -0.05) is 11.6 Å². The maximum absolute atomic E-state index is 11.7. The number of benzene rings is 1. The summed E-state index contributed by atoms with van der Waals surface area (Å²) in [6, 6.07) is 7.72. The van der Waals surface area contributed by atoms with Gasteiger partial charge in [0.15, 0.2) is 0 Å². The van der Waals surface area contributed by atoms with Crippen LogP contribution in [0.2, 0.25) is 5.02 Å². The number of nitrogens with one attached hydrogen (secondary N) is 1. The molecule has 134 valence electrons. The lowest BCUT2D eigenvalue weighted by molar-refractivity contribution is 0.0807. The Morgan fingerprint density at radius 3 is 2.84 bits per heavy atom. The van der Waals surface area contributed by atoms with Gasteiger partial charge in [0.2, 0.25) is 0 Å². The summed E-state index contributed by atoms with van der Waals surface area (Å²) in [6.07, 6.45) is 1.58. The van der Waals surface area contributed by atoms with Crippen molar-refractivity contribution in [1.29, 1.82) is 0 Å². The van der Waals surface area contributed by atoms with Crippen LogP contribution < -0.4 is 5.32 Å². The zero-order chi connectivity index (χ0) is 17.6. The van der Waals surface area contributed by atoms with E-state index in [1.807, 2.05) is 31.2 Å². The molecular formula is C18H23ClN4O2. The molecule has 1 aromatic carbocycles. The highest BCUT2D eigenvalue weighted by atomic mass is 35.5. The fourth-order valence-electron chi connectivity index (χ4n) is 2.99. The van der Waals surface area contributed by atoms with Crippen molar-refractivity contribution in [2.75, 3.05) is 51.2 Å². The molecule has 1 aliphatic rings. The maximum Gasteiger partial charge on any atom is 0.409 e. The number of fused-ring (bicyclic) bond motifs is 1. The van der Waals surface area contributed by atoms with Crippen LogP contribution in [0.3, 0.4) is 0 Å². The van der Waals surface area contributed by atoms with Crippen molar-refractivity contribution >= 4 is 34.3 Å². The molecule has 6 nitrogen and oxygen atoms in total. The van der Waals surface area contributed by atoms with E-state index >= 15 is 0 Å². The first kappa shape index (κ1) is 17.8. The Bertz CT molecular complexity index is 732. The normalized spacial score (nSPS) is 15.4. The second kappa shape index (κ2) is 8.36. The van der Waals surface area contributed by atoms with Gasteiger partial charge >= 0.3 is 6.09 Å². The van der Waals surface area contributed by atoms with Gasteiger partial charge in [-0.15, -0.1) is 0 Å². The van der Waals surface area contributed by atoms with E-state index in [1.54, 1.807) is 11.1 Å². The van der Waals surface area contributed by atoms with Crippen molar-refractivity contribution in [3.05, 3.63) is 35.5 Å². The largest absolute Gasteiger partial charge is 0.450 e. The van der Waals surface area contributed by atoms with Gasteiger partial charge in [0.1, 0.15) is 0 Å². The molecule has 0 aliphatic carbocycles. The van der Waals surface area contributed by atoms with E-state index in [0.29, 0.717) is 11.6 Å². The van der Waals surface area contributed by atoms with E-state index in [9.17, 15) is 4.79 Å². The quantitative estimate of drug-likeness (QED) is 0.885. The number of piperazine rings is 1. The molecular weight excluding hydrogens is 340 g/mol. The number of carbonyl (C=O) groups is 1. The number of hydrogen-bond acceptors (Lipinski definition) is 5. The van der Waals surface area contributed by atoms with Crippen molar-refractivity contribution in [3.8, 4) is 0 Å². The van der Waals surface area contributed by atoms with Crippen molar-refractivity contribution < 1.29 is 9.53 Å². The van der Waals surface area contributed by atoms with Crippen LogP contribution in [0.25, 0.3) is 10.9 Å². The third-order valence-electron chi connectivity index (χ3n) is 4.35. The number of nitrogens with zero attached hydrogens (tertiary/aromatic N) is 3. The smallest absolute Gasteiger partial charge is 0.409 e.